The molecule has 0 radical (unpaired) electrons. The summed E-state index contributed by atoms with van der Waals surface area (Å²) in [6.45, 7) is 2.53. The van der Waals surface area contributed by atoms with E-state index in [1.807, 2.05) is 0 Å². The van der Waals surface area contributed by atoms with Gasteiger partial charge in [0.05, 0.1) is 6.54 Å². The summed E-state index contributed by atoms with van der Waals surface area (Å²) in [6.07, 6.45) is 9.10. The lowest BCUT2D eigenvalue weighted by atomic mass is 9.94. The number of piperidine rings is 1. The van der Waals surface area contributed by atoms with Crippen molar-refractivity contribution in [1.82, 2.24) is 10.6 Å². The molecule has 0 aliphatic carbocycles. The number of carbonyl (C=O) groups excluding carboxylic acids is 1. The lowest BCUT2D eigenvalue weighted by molar-refractivity contribution is -0.121. The first-order valence-electron chi connectivity index (χ1n) is 5.24. The Labute approximate surface area is 85.6 Å². The molecular weight excluding hydrogens is 176 g/mol. The van der Waals surface area contributed by atoms with Crippen molar-refractivity contribution in [3.8, 4) is 12.3 Å². The molecule has 1 aliphatic rings. The summed E-state index contributed by atoms with van der Waals surface area (Å²) in [5.74, 6) is 3.14. The van der Waals surface area contributed by atoms with E-state index in [-0.39, 0.29) is 5.91 Å². The molecule has 1 heterocycles. The molecule has 0 bridgehead atoms. The molecule has 1 atom stereocenters. The molecule has 0 aromatic rings. The summed E-state index contributed by atoms with van der Waals surface area (Å²) in [7, 11) is 0. The summed E-state index contributed by atoms with van der Waals surface area (Å²) in [6, 6.07) is 0. The van der Waals surface area contributed by atoms with Gasteiger partial charge in [0, 0.05) is 6.42 Å². The molecule has 0 spiro atoms. The molecule has 1 rings (SSSR count). The van der Waals surface area contributed by atoms with Gasteiger partial charge in [0.2, 0.25) is 5.91 Å². The Kier molecular flexibility index (Phi) is 5.09. The summed E-state index contributed by atoms with van der Waals surface area (Å²) in [5, 5.41) is 6.01. The average molecular weight is 194 g/mol. The van der Waals surface area contributed by atoms with Crippen molar-refractivity contribution in [2.24, 2.45) is 5.92 Å². The van der Waals surface area contributed by atoms with Crippen LogP contribution < -0.4 is 10.6 Å². The molecule has 1 saturated heterocycles. The van der Waals surface area contributed by atoms with Crippen molar-refractivity contribution >= 4 is 5.91 Å². The predicted octanol–water partition coefficient (Wildman–Crippen LogP) is 0.516. The van der Waals surface area contributed by atoms with Crippen molar-refractivity contribution in [2.75, 3.05) is 19.6 Å². The highest BCUT2D eigenvalue weighted by Crippen LogP contribution is 2.15. The fraction of sp³-hybridized carbons (Fsp3) is 0.727. The Morgan fingerprint density at radius 1 is 1.64 bits per heavy atom. The van der Waals surface area contributed by atoms with Gasteiger partial charge in [-0.05, 0) is 38.3 Å². The van der Waals surface area contributed by atoms with Gasteiger partial charge in [0.15, 0.2) is 0 Å². The van der Waals surface area contributed by atoms with Crippen molar-refractivity contribution < 1.29 is 4.79 Å². The molecule has 3 heteroatoms. The Morgan fingerprint density at radius 2 is 2.50 bits per heavy atom. The van der Waals surface area contributed by atoms with Crippen LogP contribution in [-0.4, -0.2) is 25.5 Å². The standard InChI is InChI=1S/C11H18N2O/c1-2-7-13-11(14)6-5-10-4-3-8-12-9-10/h1,10,12H,3-9H2,(H,13,14). The minimum Gasteiger partial charge on any atom is -0.345 e. The van der Waals surface area contributed by atoms with Gasteiger partial charge < -0.3 is 10.6 Å². The van der Waals surface area contributed by atoms with E-state index in [9.17, 15) is 4.79 Å². The van der Waals surface area contributed by atoms with Crippen LogP contribution in [0, 0.1) is 18.3 Å². The van der Waals surface area contributed by atoms with Crippen LogP contribution in [-0.2, 0) is 4.79 Å². The maximum absolute atomic E-state index is 11.2. The molecule has 0 aromatic carbocycles. The van der Waals surface area contributed by atoms with Crippen LogP contribution in [0.25, 0.3) is 0 Å². The Bertz CT molecular complexity index is 214. The molecule has 1 fully saturated rings. The SMILES string of the molecule is C#CCNC(=O)CCC1CCCNC1. The molecule has 0 aromatic heterocycles. The largest absolute Gasteiger partial charge is 0.345 e. The number of amides is 1. The van der Waals surface area contributed by atoms with E-state index in [1.54, 1.807) is 0 Å². The maximum atomic E-state index is 11.2. The van der Waals surface area contributed by atoms with Crippen LogP contribution in [0.15, 0.2) is 0 Å². The highest BCUT2D eigenvalue weighted by Gasteiger charge is 2.13. The zero-order valence-electron chi connectivity index (χ0n) is 8.51. The van der Waals surface area contributed by atoms with Crippen LogP contribution in [0.3, 0.4) is 0 Å². The lowest BCUT2D eigenvalue weighted by Crippen LogP contribution is -2.31. The third-order valence-corrected chi connectivity index (χ3v) is 2.57. The smallest absolute Gasteiger partial charge is 0.220 e. The molecule has 1 unspecified atom stereocenters. The van der Waals surface area contributed by atoms with E-state index >= 15 is 0 Å². The van der Waals surface area contributed by atoms with Crippen LogP contribution in [0.2, 0.25) is 0 Å². The molecular formula is C11H18N2O. The fourth-order valence-electron chi connectivity index (χ4n) is 1.74. The molecule has 2 N–H and O–H groups in total. The van der Waals surface area contributed by atoms with Gasteiger partial charge in [0.1, 0.15) is 0 Å². The van der Waals surface area contributed by atoms with E-state index in [0.717, 1.165) is 19.5 Å². The third kappa shape index (κ3) is 4.29. The first-order valence-corrected chi connectivity index (χ1v) is 5.24. The second-order valence-corrected chi connectivity index (χ2v) is 3.73. The first kappa shape index (κ1) is 11.1. The number of hydrogen-bond donors (Lipinski definition) is 2. The summed E-state index contributed by atoms with van der Waals surface area (Å²) < 4.78 is 0. The van der Waals surface area contributed by atoms with Crippen molar-refractivity contribution in [3.63, 3.8) is 0 Å². The summed E-state index contributed by atoms with van der Waals surface area (Å²) in [5.41, 5.74) is 0. The van der Waals surface area contributed by atoms with E-state index < -0.39 is 0 Å². The zero-order valence-corrected chi connectivity index (χ0v) is 8.51. The van der Waals surface area contributed by atoms with Gasteiger partial charge in [-0.1, -0.05) is 5.92 Å². The van der Waals surface area contributed by atoms with Crippen molar-refractivity contribution in [1.29, 1.82) is 0 Å². The number of nitrogens with one attached hydrogen (secondary N) is 2. The molecule has 1 amide bonds. The Balaban J connectivity index is 2.07. The van der Waals surface area contributed by atoms with Gasteiger partial charge in [-0.15, -0.1) is 6.42 Å². The quantitative estimate of drug-likeness (QED) is 0.640. The van der Waals surface area contributed by atoms with Gasteiger partial charge in [-0.25, -0.2) is 0 Å². The lowest BCUT2D eigenvalue weighted by Gasteiger charge is -2.22. The predicted molar refractivity (Wildman–Crippen MR) is 56.7 cm³/mol. The van der Waals surface area contributed by atoms with Crippen molar-refractivity contribution in [3.05, 3.63) is 0 Å². The van der Waals surface area contributed by atoms with Crippen LogP contribution >= 0.6 is 0 Å². The second kappa shape index (κ2) is 6.44. The minimum absolute atomic E-state index is 0.0773. The van der Waals surface area contributed by atoms with Gasteiger partial charge in [0.25, 0.3) is 0 Å². The summed E-state index contributed by atoms with van der Waals surface area (Å²) >= 11 is 0. The molecule has 0 saturated carbocycles. The van der Waals surface area contributed by atoms with Gasteiger partial charge in [-0.3, -0.25) is 4.79 Å². The first-order chi connectivity index (χ1) is 6.83. The van der Waals surface area contributed by atoms with Crippen LogP contribution in [0.5, 0.6) is 0 Å². The normalized spacial score (nSPS) is 21.2. The van der Waals surface area contributed by atoms with Crippen LogP contribution in [0.1, 0.15) is 25.7 Å². The Hall–Kier alpha value is -1.01. The van der Waals surface area contributed by atoms with Crippen molar-refractivity contribution in [2.45, 2.75) is 25.7 Å². The number of terminal acetylenes is 1. The van der Waals surface area contributed by atoms with Gasteiger partial charge >= 0.3 is 0 Å². The van der Waals surface area contributed by atoms with E-state index in [4.69, 9.17) is 6.42 Å². The maximum Gasteiger partial charge on any atom is 0.220 e. The van der Waals surface area contributed by atoms with E-state index in [0.29, 0.717) is 18.9 Å². The zero-order chi connectivity index (χ0) is 10.2. The average Bonchev–Trinajstić information content (AvgIpc) is 2.25. The number of rotatable bonds is 4. The highest BCUT2D eigenvalue weighted by atomic mass is 16.1. The van der Waals surface area contributed by atoms with Crippen LogP contribution in [0.4, 0.5) is 0 Å². The third-order valence-electron chi connectivity index (χ3n) is 2.57. The monoisotopic (exact) mass is 194 g/mol. The van der Waals surface area contributed by atoms with E-state index in [2.05, 4.69) is 16.6 Å². The fourth-order valence-corrected chi connectivity index (χ4v) is 1.74. The minimum atomic E-state index is 0.0773. The topological polar surface area (TPSA) is 41.1 Å². The van der Waals surface area contributed by atoms with Gasteiger partial charge in [-0.2, -0.15) is 0 Å². The summed E-state index contributed by atoms with van der Waals surface area (Å²) in [4.78, 5) is 11.2. The van der Waals surface area contributed by atoms with E-state index in [1.165, 1.54) is 12.8 Å². The number of hydrogen-bond acceptors (Lipinski definition) is 2. The molecule has 14 heavy (non-hydrogen) atoms. The number of carbonyl (C=O) groups is 1. The highest BCUT2D eigenvalue weighted by molar-refractivity contribution is 5.76. The molecule has 3 nitrogen and oxygen atoms in total. The Morgan fingerprint density at radius 3 is 3.14 bits per heavy atom. The molecule has 1 aliphatic heterocycles. The second-order valence-electron chi connectivity index (χ2n) is 3.73. The molecule has 78 valence electrons.